The van der Waals surface area contributed by atoms with E-state index < -0.39 is 0 Å². The van der Waals surface area contributed by atoms with Crippen LogP contribution in [0.15, 0.2) is 28.8 Å². The smallest absolute Gasteiger partial charge is 0.170 e. The average molecular weight is 276 g/mol. The Labute approximate surface area is 118 Å². The van der Waals surface area contributed by atoms with Gasteiger partial charge in [0.05, 0.1) is 6.61 Å². The number of hydrogen-bond acceptors (Lipinski definition) is 5. The predicted octanol–water partition coefficient (Wildman–Crippen LogP) is 2.52. The Morgan fingerprint density at radius 3 is 2.55 bits per heavy atom. The van der Waals surface area contributed by atoms with Crippen molar-refractivity contribution in [3.63, 3.8) is 0 Å². The second-order valence-corrected chi connectivity index (χ2v) is 4.36. The van der Waals surface area contributed by atoms with E-state index in [0.717, 1.165) is 28.3 Å². The number of ether oxygens (including phenoxy) is 2. The molecule has 0 aliphatic rings. The lowest BCUT2D eigenvalue weighted by Gasteiger charge is -2.06. The summed E-state index contributed by atoms with van der Waals surface area (Å²) in [6, 6.07) is 7.71. The van der Waals surface area contributed by atoms with Crippen molar-refractivity contribution < 1.29 is 14.0 Å². The van der Waals surface area contributed by atoms with Crippen LogP contribution in [0, 0.1) is 6.92 Å². The van der Waals surface area contributed by atoms with Crippen molar-refractivity contribution in [2.45, 2.75) is 20.4 Å². The molecule has 0 spiro atoms. The van der Waals surface area contributed by atoms with Crippen LogP contribution < -0.4 is 10.5 Å². The minimum absolute atomic E-state index is 0.383. The van der Waals surface area contributed by atoms with Crippen LogP contribution in [0.5, 0.6) is 5.75 Å². The van der Waals surface area contributed by atoms with E-state index in [1.807, 2.05) is 38.1 Å². The molecule has 0 fully saturated rings. The molecule has 0 unspecified atom stereocenters. The normalized spacial score (nSPS) is 10.8. The summed E-state index contributed by atoms with van der Waals surface area (Å²) in [6.07, 6.45) is 0. The van der Waals surface area contributed by atoms with Gasteiger partial charge in [0.15, 0.2) is 5.76 Å². The van der Waals surface area contributed by atoms with E-state index in [2.05, 4.69) is 5.16 Å². The van der Waals surface area contributed by atoms with Crippen molar-refractivity contribution in [3.8, 4) is 17.1 Å². The van der Waals surface area contributed by atoms with Gasteiger partial charge in [-0.15, -0.1) is 0 Å². The van der Waals surface area contributed by atoms with Gasteiger partial charge >= 0.3 is 0 Å². The van der Waals surface area contributed by atoms with Gasteiger partial charge < -0.3 is 19.7 Å². The summed E-state index contributed by atoms with van der Waals surface area (Å²) in [5.41, 5.74) is 8.33. The lowest BCUT2D eigenvalue weighted by atomic mass is 10.1. The first-order chi connectivity index (χ1) is 9.76. The van der Waals surface area contributed by atoms with E-state index in [9.17, 15) is 0 Å². The Morgan fingerprint density at radius 1 is 1.20 bits per heavy atom. The summed E-state index contributed by atoms with van der Waals surface area (Å²) in [5.74, 6) is 1.57. The second kappa shape index (κ2) is 7.07. The molecular weight excluding hydrogens is 256 g/mol. The highest BCUT2D eigenvalue weighted by atomic mass is 16.5. The van der Waals surface area contributed by atoms with Gasteiger partial charge in [-0.3, -0.25) is 0 Å². The van der Waals surface area contributed by atoms with Crippen LogP contribution in [0.2, 0.25) is 0 Å². The Balaban J connectivity index is 2.02. The van der Waals surface area contributed by atoms with E-state index >= 15 is 0 Å². The molecular formula is C15H20N2O3. The fraction of sp³-hybridized carbons (Fsp3) is 0.400. The van der Waals surface area contributed by atoms with Crippen molar-refractivity contribution in [2.24, 2.45) is 5.73 Å². The van der Waals surface area contributed by atoms with Crippen LogP contribution in [-0.2, 0) is 11.3 Å². The molecule has 0 aliphatic heterocycles. The van der Waals surface area contributed by atoms with Crippen LogP contribution in [0.3, 0.4) is 0 Å². The van der Waals surface area contributed by atoms with E-state index in [1.54, 1.807) is 0 Å². The fourth-order valence-electron chi connectivity index (χ4n) is 1.89. The Hall–Kier alpha value is -1.85. The van der Waals surface area contributed by atoms with Gasteiger partial charge in [-0.1, -0.05) is 5.16 Å². The average Bonchev–Trinajstić information content (AvgIpc) is 2.85. The first kappa shape index (κ1) is 14.6. The number of hydrogen-bond donors (Lipinski definition) is 1. The molecule has 2 rings (SSSR count). The summed E-state index contributed by atoms with van der Waals surface area (Å²) in [6.45, 7) is 6.15. The summed E-state index contributed by atoms with van der Waals surface area (Å²) in [4.78, 5) is 0. The standard InChI is InChI=1S/C15H20N2O3/c1-3-18-8-9-19-13-6-4-12(5-7-13)15-11(2)14(10-16)17-20-15/h4-7H,3,8-10,16H2,1-2H3. The van der Waals surface area contributed by atoms with E-state index in [4.69, 9.17) is 19.7 Å². The molecule has 5 nitrogen and oxygen atoms in total. The van der Waals surface area contributed by atoms with Gasteiger partial charge in [0, 0.05) is 24.3 Å². The molecule has 5 heteroatoms. The highest BCUT2D eigenvalue weighted by Crippen LogP contribution is 2.27. The number of nitrogens with two attached hydrogens (primary N) is 1. The van der Waals surface area contributed by atoms with E-state index in [-0.39, 0.29) is 0 Å². The van der Waals surface area contributed by atoms with Crippen molar-refractivity contribution in [1.29, 1.82) is 0 Å². The number of rotatable bonds is 7. The summed E-state index contributed by atoms with van der Waals surface area (Å²) in [5, 5.41) is 3.96. The molecule has 0 saturated carbocycles. The van der Waals surface area contributed by atoms with Crippen molar-refractivity contribution in [1.82, 2.24) is 5.16 Å². The molecule has 1 aromatic carbocycles. The van der Waals surface area contributed by atoms with E-state index in [0.29, 0.717) is 26.4 Å². The zero-order chi connectivity index (χ0) is 14.4. The highest BCUT2D eigenvalue weighted by Gasteiger charge is 2.12. The zero-order valence-electron chi connectivity index (χ0n) is 11.9. The minimum Gasteiger partial charge on any atom is -0.491 e. The number of benzene rings is 1. The molecule has 0 amide bonds. The predicted molar refractivity (Wildman–Crippen MR) is 76.6 cm³/mol. The van der Waals surface area contributed by atoms with Crippen molar-refractivity contribution in [2.75, 3.05) is 19.8 Å². The maximum Gasteiger partial charge on any atom is 0.170 e. The largest absolute Gasteiger partial charge is 0.491 e. The lowest BCUT2D eigenvalue weighted by molar-refractivity contribution is 0.110. The molecule has 0 aliphatic carbocycles. The van der Waals surface area contributed by atoms with Crippen LogP contribution >= 0.6 is 0 Å². The topological polar surface area (TPSA) is 70.5 Å². The Kier molecular flexibility index (Phi) is 5.15. The first-order valence-corrected chi connectivity index (χ1v) is 6.72. The van der Waals surface area contributed by atoms with Crippen LogP contribution in [0.25, 0.3) is 11.3 Å². The molecule has 108 valence electrons. The minimum atomic E-state index is 0.383. The first-order valence-electron chi connectivity index (χ1n) is 6.72. The third-order valence-electron chi connectivity index (χ3n) is 3.03. The van der Waals surface area contributed by atoms with Gasteiger partial charge in [-0.2, -0.15) is 0 Å². The van der Waals surface area contributed by atoms with Gasteiger partial charge in [-0.05, 0) is 38.1 Å². The van der Waals surface area contributed by atoms with Crippen LogP contribution in [-0.4, -0.2) is 25.0 Å². The zero-order valence-corrected chi connectivity index (χ0v) is 11.9. The van der Waals surface area contributed by atoms with Gasteiger partial charge in [0.2, 0.25) is 0 Å². The molecule has 2 N–H and O–H groups in total. The maximum absolute atomic E-state index is 5.59. The van der Waals surface area contributed by atoms with Crippen LogP contribution in [0.1, 0.15) is 18.2 Å². The van der Waals surface area contributed by atoms with E-state index in [1.165, 1.54) is 0 Å². The molecule has 0 bridgehead atoms. The fourth-order valence-corrected chi connectivity index (χ4v) is 1.89. The molecule has 0 atom stereocenters. The van der Waals surface area contributed by atoms with Crippen molar-refractivity contribution in [3.05, 3.63) is 35.5 Å². The van der Waals surface area contributed by atoms with Gasteiger partial charge in [0.25, 0.3) is 0 Å². The summed E-state index contributed by atoms with van der Waals surface area (Å²) in [7, 11) is 0. The molecule has 1 heterocycles. The Morgan fingerprint density at radius 2 is 1.95 bits per heavy atom. The summed E-state index contributed by atoms with van der Waals surface area (Å²) >= 11 is 0. The number of nitrogens with zero attached hydrogens (tertiary/aromatic N) is 1. The summed E-state index contributed by atoms with van der Waals surface area (Å²) < 4.78 is 16.1. The monoisotopic (exact) mass is 276 g/mol. The third kappa shape index (κ3) is 3.37. The van der Waals surface area contributed by atoms with Gasteiger partial charge in [-0.25, -0.2) is 0 Å². The van der Waals surface area contributed by atoms with Gasteiger partial charge in [0.1, 0.15) is 18.1 Å². The molecule has 2 aromatic rings. The number of aromatic nitrogens is 1. The molecule has 20 heavy (non-hydrogen) atoms. The Bertz CT molecular complexity index is 535. The molecule has 0 radical (unpaired) electrons. The maximum atomic E-state index is 5.59. The second-order valence-electron chi connectivity index (χ2n) is 4.36. The lowest BCUT2D eigenvalue weighted by Crippen LogP contribution is -2.06. The molecule has 1 aromatic heterocycles. The molecule has 0 saturated heterocycles. The van der Waals surface area contributed by atoms with Crippen molar-refractivity contribution >= 4 is 0 Å². The highest BCUT2D eigenvalue weighted by molar-refractivity contribution is 5.62. The SMILES string of the molecule is CCOCCOc1ccc(-c2onc(CN)c2C)cc1. The van der Waals surface area contributed by atoms with Crippen LogP contribution in [0.4, 0.5) is 0 Å². The quantitative estimate of drug-likeness (QED) is 0.787. The third-order valence-corrected chi connectivity index (χ3v) is 3.03.